The predicted molar refractivity (Wildman–Crippen MR) is 95.2 cm³/mol. The van der Waals surface area contributed by atoms with Crippen LogP contribution in [0.3, 0.4) is 0 Å². The molecule has 142 valence electrons. The maximum Gasteiger partial charge on any atom is 0.290 e. The summed E-state index contributed by atoms with van der Waals surface area (Å²) in [7, 11) is 0. The monoisotopic (exact) mass is 383 g/mol. The number of alkyl halides is 2. The number of pyridine rings is 1. The largest absolute Gasteiger partial charge is 0.342 e. The summed E-state index contributed by atoms with van der Waals surface area (Å²) in [5.74, 6) is -2.75. The first-order valence-corrected chi connectivity index (χ1v) is 9.92. The summed E-state index contributed by atoms with van der Waals surface area (Å²) >= 11 is 0.289. The van der Waals surface area contributed by atoms with Crippen molar-refractivity contribution in [2.75, 3.05) is 26.2 Å². The molecule has 1 aromatic rings. The van der Waals surface area contributed by atoms with Crippen LogP contribution < -0.4 is 0 Å². The molecule has 0 spiro atoms. The maximum absolute atomic E-state index is 12.7. The lowest BCUT2D eigenvalue weighted by atomic mass is 9.94. The zero-order valence-corrected chi connectivity index (χ0v) is 15.4. The van der Waals surface area contributed by atoms with Crippen LogP contribution in [0.2, 0.25) is 0 Å². The molecule has 2 saturated heterocycles. The molecule has 0 atom stereocenters. The lowest BCUT2D eigenvalue weighted by molar-refractivity contribution is -0.137. The molecule has 2 amide bonds. The van der Waals surface area contributed by atoms with Gasteiger partial charge in [0.25, 0.3) is 11.7 Å². The fraction of sp³-hybridized carbons (Fsp3) is 0.611. The van der Waals surface area contributed by atoms with E-state index in [-0.39, 0.29) is 40.1 Å². The third-order valence-electron chi connectivity index (χ3n) is 5.00. The van der Waals surface area contributed by atoms with Gasteiger partial charge in [0.2, 0.25) is 5.91 Å². The summed E-state index contributed by atoms with van der Waals surface area (Å²) in [4.78, 5) is 32.8. The zero-order chi connectivity index (χ0) is 18.5. The van der Waals surface area contributed by atoms with Gasteiger partial charge in [0.1, 0.15) is 5.03 Å². The summed E-state index contributed by atoms with van der Waals surface area (Å²) in [6.45, 7) is 2.61. The third kappa shape index (κ3) is 4.52. The van der Waals surface area contributed by atoms with Gasteiger partial charge in [-0.2, -0.15) is 8.78 Å². The van der Waals surface area contributed by atoms with Crippen molar-refractivity contribution in [3.63, 3.8) is 0 Å². The van der Waals surface area contributed by atoms with Crippen LogP contribution in [0.5, 0.6) is 0 Å². The average molecular weight is 383 g/mol. The molecule has 2 aliphatic heterocycles. The van der Waals surface area contributed by atoms with E-state index in [0.717, 1.165) is 25.9 Å². The van der Waals surface area contributed by atoms with E-state index in [2.05, 4.69) is 4.98 Å². The normalized spacial score (nSPS) is 19.0. The van der Waals surface area contributed by atoms with E-state index in [1.165, 1.54) is 18.7 Å². The minimum Gasteiger partial charge on any atom is -0.342 e. The lowest BCUT2D eigenvalue weighted by Crippen LogP contribution is -2.45. The molecule has 0 N–H and O–H groups in total. The van der Waals surface area contributed by atoms with Crippen molar-refractivity contribution in [1.82, 2.24) is 14.8 Å². The van der Waals surface area contributed by atoms with Crippen molar-refractivity contribution >= 4 is 23.6 Å². The number of carbonyl (C=O) groups excluding carboxylic acids is 2. The number of amides is 2. The van der Waals surface area contributed by atoms with Crippen LogP contribution in [-0.2, 0) is 4.79 Å². The second-order valence-electron chi connectivity index (χ2n) is 6.69. The molecule has 5 nitrogen and oxygen atoms in total. The Kier molecular flexibility index (Phi) is 6.45. The van der Waals surface area contributed by atoms with Gasteiger partial charge in [-0.05, 0) is 56.0 Å². The highest BCUT2D eigenvalue weighted by molar-refractivity contribution is 7.99. The van der Waals surface area contributed by atoms with Crippen molar-refractivity contribution in [2.45, 2.75) is 42.9 Å². The number of thioether (sulfide) groups is 1. The highest BCUT2D eigenvalue weighted by atomic mass is 32.2. The Morgan fingerprint density at radius 2 is 1.77 bits per heavy atom. The molecule has 0 radical (unpaired) electrons. The number of hydrogen-bond donors (Lipinski definition) is 0. The van der Waals surface area contributed by atoms with E-state index in [9.17, 15) is 18.4 Å². The van der Waals surface area contributed by atoms with Gasteiger partial charge in [0.15, 0.2) is 0 Å². The van der Waals surface area contributed by atoms with Gasteiger partial charge >= 0.3 is 0 Å². The smallest absolute Gasteiger partial charge is 0.290 e. The summed E-state index contributed by atoms with van der Waals surface area (Å²) in [6, 6.07) is 3.11. The van der Waals surface area contributed by atoms with Crippen molar-refractivity contribution < 1.29 is 18.4 Å². The van der Waals surface area contributed by atoms with Gasteiger partial charge in [-0.1, -0.05) is 0 Å². The molecule has 0 aliphatic carbocycles. The van der Waals surface area contributed by atoms with E-state index in [0.29, 0.717) is 25.9 Å². The van der Waals surface area contributed by atoms with Crippen molar-refractivity contribution in [3.8, 4) is 0 Å². The number of nitrogens with zero attached hydrogens (tertiary/aromatic N) is 3. The van der Waals surface area contributed by atoms with Gasteiger partial charge in [0, 0.05) is 38.3 Å². The molecule has 0 bridgehead atoms. The Hall–Kier alpha value is -1.70. The Morgan fingerprint density at radius 3 is 2.42 bits per heavy atom. The van der Waals surface area contributed by atoms with Gasteiger partial charge < -0.3 is 9.80 Å². The van der Waals surface area contributed by atoms with Crippen LogP contribution in [0.1, 0.15) is 42.5 Å². The van der Waals surface area contributed by atoms with Crippen LogP contribution in [-0.4, -0.2) is 58.5 Å². The van der Waals surface area contributed by atoms with E-state index < -0.39 is 5.76 Å². The third-order valence-corrected chi connectivity index (χ3v) is 5.73. The highest BCUT2D eigenvalue weighted by Gasteiger charge is 2.31. The molecule has 3 heterocycles. The first kappa shape index (κ1) is 19.1. The molecular weight excluding hydrogens is 360 g/mol. The van der Waals surface area contributed by atoms with Crippen LogP contribution in [0.4, 0.5) is 8.78 Å². The first-order chi connectivity index (χ1) is 12.6. The molecule has 2 aliphatic rings. The maximum atomic E-state index is 12.7. The Bertz CT molecular complexity index is 645. The minimum atomic E-state index is -2.62. The Balaban J connectivity index is 1.59. The Labute approximate surface area is 156 Å². The number of hydrogen-bond acceptors (Lipinski definition) is 4. The summed E-state index contributed by atoms with van der Waals surface area (Å²) < 4.78 is 25.4. The van der Waals surface area contributed by atoms with Crippen LogP contribution in [0.25, 0.3) is 0 Å². The predicted octanol–water partition coefficient (Wildman–Crippen LogP) is 3.26. The van der Waals surface area contributed by atoms with Crippen LogP contribution >= 0.6 is 11.8 Å². The van der Waals surface area contributed by atoms with E-state index >= 15 is 0 Å². The second kappa shape index (κ2) is 8.79. The van der Waals surface area contributed by atoms with E-state index in [1.54, 1.807) is 11.0 Å². The fourth-order valence-electron chi connectivity index (χ4n) is 3.60. The number of halogens is 2. The van der Waals surface area contributed by atoms with Gasteiger partial charge in [-0.3, -0.25) is 9.59 Å². The molecule has 1 aromatic heterocycles. The summed E-state index contributed by atoms with van der Waals surface area (Å²) in [5.41, 5.74) is 0.207. The molecule has 0 aromatic carbocycles. The van der Waals surface area contributed by atoms with Gasteiger partial charge in [-0.25, -0.2) is 4.98 Å². The standard InChI is InChI=1S/C18H23F2N3O2S/c19-18(20)26-15-14(5-4-8-21-15)17(25)23-11-6-13(7-12-23)16(24)22-9-2-1-3-10-22/h4-5,8,13,18H,1-3,6-7,9-12H2. The number of aromatic nitrogens is 1. The van der Waals surface area contributed by atoms with E-state index in [4.69, 9.17) is 0 Å². The van der Waals surface area contributed by atoms with Crippen molar-refractivity contribution in [3.05, 3.63) is 23.9 Å². The topological polar surface area (TPSA) is 53.5 Å². The number of piperidine rings is 2. The molecule has 3 rings (SSSR count). The van der Waals surface area contributed by atoms with Crippen molar-refractivity contribution in [1.29, 1.82) is 0 Å². The van der Waals surface area contributed by atoms with Crippen molar-refractivity contribution in [2.24, 2.45) is 5.92 Å². The first-order valence-electron chi connectivity index (χ1n) is 9.04. The average Bonchev–Trinajstić information content (AvgIpc) is 2.68. The molecular formula is C18H23F2N3O2S. The van der Waals surface area contributed by atoms with Gasteiger partial charge in [0.05, 0.1) is 5.56 Å². The molecule has 0 saturated carbocycles. The minimum absolute atomic E-state index is 0.0408. The van der Waals surface area contributed by atoms with Crippen LogP contribution in [0.15, 0.2) is 23.4 Å². The summed E-state index contributed by atoms with van der Waals surface area (Å²) in [5, 5.41) is 0.0546. The number of rotatable bonds is 4. The quantitative estimate of drug-likeness (QED) is 0.749. The molecule has 0 unspecified atom stereocenters. The van der Waals surface area contributed by atoms with Gasteiger partial charge in [-0.15, -0.1) is 0 Å². The number of likely N-dealkylation sites (tertiary alicyclic amines) is 2. The molecule has 8 heteroatoms. The van der Waals surface area contributed by atoms with E-state index in [1.807, 2.05) is 4.90 Å². The molecule has 2 fully saturated rings. The highest BCUT2D eigenvalue weighted by Crippen LogP contribution is 2.29. The molecule has 26 heavy (non-hydrogen) atoms. The zero-order valence-electron chi connectivity index (χ0n) is 14.6. The fourth-order valence-corrected chi connectivity index (χ4v) is 4.18. The second-order valence-corrected chi connectivity index (χ2v) is 7.67. The SMILES string of the molecule is O=C(c1cccnc1SC(F)F)N1CCC(C(=O)N2CCCCC2)CC1. The van der Waals surface area contributed by atoms with Crippen LogP contribution in [0, 0.1) is 5.92 Å². The summed E-state index contributed by atoms with van der Waals surface area (Å²) in [6.07, 6.45) is 5.96. The Morgan fingerprint density at radius 1 is 1.08 bits per heavy atom. The number of carbonyl (C=O) groups is 2. The lowest BCUT2D eigenvalue weighted by Gasteiger charge is -2.35.